The van der Waals surface area contributed by atoms with Crippen molar-refractivity contribution in [1.29, 1.82) is 0 Å². The molecule has 0 aliphatic heterocycles. The third-order valence-electron chi connectivity index (χ3n) is 3.00. The van der Waals surface area contributed by atoms with Gasteiger partial charge in [-0.25, -0.2) is 0 Å². The number of benzene rings is 1. The first-order valence-electron chi connectivity index (χ1n) is 6.42. The lowest BCUT2D eigenvalue weighted by Crippen LogP contribution is -2.49. The largest absolute Gasteiger partial charge is 0.480 e. The van der Waals surface area contributed by atoms with Gasteiger partial charge in [-0.15, -0.1) is 0 Å². The molecule has 1 unspecified atom stereocenters. The van der Waals surface area contributed by atoms with Gasteiger partial charge in [-0.2, -0.15) is 0 Å². The summed E-state index contributed by atoms with van der Waals surface area (Å²) in [6, 6.07) is 7.24. The highest BCUT2D eigenvalue weighted by Crippen LogP contribution is 2.31. The van der Waals surface area contributed by atoms with Crippen LogP contribution in [0.5, 0.6) is 0 Å². The smallest absolute Gasteiger partial charge is 0.321 e. The minimum Gasteiger partial charge on any atom is -0.480 e. The van der Waals surface area contributed by atoms with E-state index in [2.05, 4.69) is 15.9 Å². The van der Waals surface area contributed by atoms with Gasteiger partial charge in [0.1, 0.15) is 6.04 Å². The lowest BCUT2D eigenvalue weighted by molar-refractivity contribution is -0.144. The van der Waals surface area contributed by atoms with Crippen LogP contribution in [0.15, 0.2) is 28.7 Å². The number of halogens is 1. The Hall–Kier alpha value is -0.870. The van der Waals surface area contributed by atoms with Crippen molar-refractivity contribution in [2.45, 2.75) is 39.2 Å². The molecule has 0 aliphatic rings. The van der Waals surface area contributed by atoms with Gasteiger partial charge in [-0.05, 0) is 31.8 Å². The molecule has 4 heteroatoms. The van der Waals surface area contributed by atoms with Crippen LogP contribution in [-0.4, -0.2) is 36.1 Å². The SMILES string of the molecule is CC.CN(C)C(C(=O)O)C(C)(C)c1cccc(Br)c1. The molecular formula is C15H24BrNO2. The predicted octanol–water partition coefficient (Wildman–Crippen LogP) is 3.77. The molecule has 0 amide bonds. The summed E-state index contributed by atoms with van der Waals surface area (Å²) in [7, 11) is 3.58. The minimum absolute atomic E-state index is 0.459. The second kappa shape index (κ2) is 7.65. The summed E-state index contributed by atoms with van der Waals surface area (Å²) >= 11 is 3.42. The number of hydrogen-bond donors (Lipinski definition) is 1. The molecule has 19 heavy (non-hydrogen) atoms. The molecule has 0 radical (unpaired) electrons. The van der Waals surface area contributed by atoms with E-state index in [0.29, 0.717) is 0 Å². The molecule has 0 bridgehead atoms. The summed E-state index contributed by atoms with van der Waals surface area (Å²) in [5, 5.41) is 9.36. The van der Waals surface area contributed by atoms with Crippen LogP contribution in [0.3, 0.4) is 0 Å². The van der Waals surface area contributed by atoms with Crippen molar-refractivity contribution >= 4 is 21.9 Å². The van der Waals surface area contributed by atoms with Crippen LogP contribution < -0.4 is 0 Å². The number of aliphatic carboxylic acids is 1. The van der Waals surface area contributed by atoms with E-state index in [4.69, 9.17) is 0 Å². The lowest BCUT2D eigenvalue weighted by Gasteiger charge is -2.36. The van der Waals surface area contributed by atoms with Gasteiger partial charge in [0.05, 0.1) is 0 Å². The van der Waals surface area contributed by atoms with Crippen molar-refractivity contribution in [2.75, 3.05) is 14.1 Å². The standard InChI is InChI=1S/C13H18BrNO2.C2H6/c1-13(2,11(12(16)17)15(3)4)9-6-5-7-10(14)8-9;1-2/h5-8,11H,1-4H3,(H,16,17);1-2H3. The van der Waals surface area contributed by atoms with Crippen molar-refractivity contribution in [1.82, 2.24) is 4.90 Å². The Morgan fingerprint density at radius 1 is 1.32 bits per heavy atom. The zero-order chi connectivity index (χ0) is 15.2. The second-order valence-electron chi connectivity index (χ2n) is 4.94. The van der Waals surface area contributed by atoms with Crippen LogP contribution in [0.25, 0.3) is 0 Å². The number of rotatable bonds is 4. The summed E-state index contributed by atoms with van der Waals surface area (Å²) in [5.74, 6) is -0.806. The number of carboxylic acids is 1. The van der Waals surface area contributed by atoms with E-state index >= 15 is 0 Å². The topological polar surface area (TPSA) is 40.5 Å². The lowest BCUT2D eigenvalue weighted by atomic mass is 9.77. The number of likely N-dealkylation sites (N-methyl/N-ethyl adjacent to an activating group) is 1. The summed E-state index contributed by atoms with van der Waals surface area (Å²) in [5.41, 5.74) is 0.548. The second-order valence-corrected chi connectivity index (χ2v) is 5.85. The molecule has 0 aromatic heterocycles. The fourth-order valence-electron chi connectivity index (χ4n) is 2.22. The van der Waals surface area contributed by atoms with Gasteiger partial charge in [-0.3, -0.25) is 9.69 Å². The van der Waals surface area contributed by atoms with E-state index in [1.54, 1.807) is 19.0 Å². The molecule has 0 aliphatic carbocycles. The summed E-state index contributed by atoms with van der Waals surface area (Å²) in [4.78, 5) is 13.1. The van der Waals surface area contributed by atoms with Crippen LogP contribution in [-0.2, 0) is 10.2 Å². The molecule has 108 valence electrons. The van der Waals surface area contributed by atoms with Gasteiger partial charge in [-0.1, -0.05) is 55.8 Å². The number of carboxylic acid groups (broad SMARTS) is 1. The molecule has 0 saturated carbocycles. The van der Waals surface area contributed by atoms with Crippen LogP contribution in [0.4, 0.5) is 0 Å². The Kier molecular flexibility index (Phi) is 7.30. The monoisotopic (exact) mass is 329 g/mol. The zero-order valence-electron chi connectivity index (χ0n) is 12.6. The van der Waals surface area contributed by atoms with Crippen LogP contribution in [0.1, 0.15) is 33.3 Å². The Balaban J connectivity index is 0.00000154. The van der Waals surface area contributed by atoms with Crippen LogP contribution in [0, 0.1) is 0 Å². The molecule has 1 atom stereocenters. The third kappa shape index (κ3) is 4.62. The maximum Gasteiger partial charge on any atom is 0.321 e. The Morgan fingerprint density at radius 2 is 1.84 bits per heavy atom. The predicted molar refractivity (Wildman–Crippen MR) is 83.6 cm³/mol. The first-order valence-corrected chi connectivity index (χ1v) is 7.21. The average Bonchev–Trinajstić information content (AvgIpc) is 2.30. The van der Waals surface area contributed by atoms with Gasteiger partial charge < -0.3 is 5.11 Å². The van der Waals surface area contributed by atoms with Crippen LogP contribution >= 0.6 is 15.9 Å². The highest BCUT2D eigenvalue weighted by Gasteiger charge is 2.38. The van der Waals surface area contributed by atoms with E-state index in [1.165, 1.54) is 0 Å². The van der Waals surface area contributed by atoms with Gasteiger partial charge >= 0.3 is 5.97 Å². The third-order valence-corrected chi connectivity index (χ3v) is 3.50. The van der Waals surface area contributed by atoms with Crippen molar-refractivity contribution in [3.63, 3.8) is 0 Å². The minimum atomic E-state index is -0.806. The van der Waals surface area contributed by atoms with Crippen LogP contribution in [0.2, 0.25) is 0 Å². The van der Waals surface area contributed by atoms with E-state index in [1.807, 2.05) is 52.0 Å². The summed E-state index contributed by atoms with van der Waals surface area (Å²) in [6.07, 6.45) is 0. The fraction of sp³-hybridized carbons (Fsp3) is 0.533. The highest BCUT2D eigenvalue weighted by atomic mass is 79.9. The Bertz CT molecular complexity index is 416. The molecule has 0 fully saturated rings. The number of nitrogens with zero attached hydrogens (tertiary/aromatic N) is 1. The molecule has 0 saturated heterocycles. The quantitative estimate of drug-likeness (QED) is 0.914. The molecule has 0 spiro atoms. The molecule has 3 nitrogen and oxygen atoms in total. The van der Waals surface area contributed by atoms with E-state index in [0.717, 1.165) is 10.0 Å². The van der Waals surface area contributed by atoms with Crippen molar-refractivity contribution in [2.24, 2.45) is 0 Å². The van der Waals surface area contributed by atoms with Gasteiger partial charge in [0.25, 0.3) is 0 Å². The normalized spacial score (nSPS) is 12.6. The van der Waals surface area contributed by atoms with E-state index in [-0.39, 0.29) is 0 Å². The number of hydrogen-bond acceptors (Lipinski definition) is 2. The Morgan fingerprint density at radius 3 is 2.21 bits per heavy atom. The first kappa shape index (κ1) is 18.1. The van der Waals surface area contributed by atoms with Crippen molar-refractivity contribution in [3.05, 3.63) is 34.3 Å². The molecule has 1 N–H and O–H groups in total. The molecule has 1 aromatic rings. The first-order chi connectivity index (χ1) is 8.76. The molecular weight excluding hydrogens is 306 g/mol. The van der Waals surface area contributed by atoms with E-state index < -0.39 is 17.4 Å². The average molecular weight is 330 g/mol. The zero-order valence-corrected chi connectivity index (χ0v) is 14.2. The van der Waals surface area contributed by atoms with E-state index in [9.17, 15) is 9.90 Å². The molecule has 1 aromatic carbocycles. The molecule has 0 heterocycles. The van der Waals surface area contributed by atoms with Gasteiger partial charge in [0, 0.05) is 9.89 Å². The van der Waals surface area contributed by atoms with Crippen molar-refractivity contribution in [3.8, 4) is 0 Å². The summed E-state index contributed by atoms with van der Waals surface area (Å²) < 4.78 is 0.964. The number of carbonyl (C=O) groups is 1. The molecule has 1 rings (SSSR count). The maximum absolute atomic E-state index is 11.4. The Labute approximate surface area is 124 Å². The van der Waals surface area contributed by atoms with Crippen molar-refractivity contribution < 1.29 is 9.90 Å². The van der Waals surface area contributed by atoms with Gasteiger partial charge in [0.15, 0.2) is 0 Å². The fourth-order valence-corrected chi connectivity index (χ4v) is 2.62. The summed E-state index contributed by atoms with van der Waals surface area (Å²) in [6.45, 7) is 7.90. The maximum atomic E-state index is 11.4. The van der Waals surface area contributed by atoms with Gasteiger partial charge in [0.2, 0.25) is 0 Å². The highest BCUT2D eigenvalue weighted by molar-refractivity contribution is 9.10.